The first-order chi connectivity index (χ1) is 15.5. The van der Waals surface area contributed by atoms with Crippen LogP contribution < -0.4 is 5.73 Å². The number of rotatable bonds is 10. The lowest BCUT2D eigenvalue weighted by atomic mass is 9.99. The monoisotopic (exact) mass is 505 g/mol. The molecule has 9 nitrogen and oxygen atoms in total. The van der Waals surface area contributed by atoms with Gasteiger partial charge >= 0.3 is 14.0 Å². The number of phosphoric acid groups is 1. The summed E-state index contributed by atoms with van der Waals surface area (Å²) in [6.45, 7) is 2.18. The highest BCUT2D eigenvalue weighted by atomic mass is 32.1. The summed E-state index contributed by atoms with van der Waals surface area (Å²) in [7, 11) is -4.71. The van der Waals surface area contributed by atoms with E-state index in [0.29, 0.717) is 12.1 Å². The van der Waals surface area contributed by atoms with Crippen molar-refractivity contribution in [3.63, 3.8) is 0 Å². The highest BCUT2D eigenvalue weighted by Crippen LogP contribution is 2.40. The molecule has 0 aliphatic heterocycles. The summed E-state index contributed by atoms with van der Waals surface area (Å²) in [6.07, 6.45) is 1.34. The first kappa shape index (κ1) is 25.5. The summed E-state index contributed by atoms with van der Waals surface area (Å²) in [5, 5.41) is 12.2. The Balaban J connectivity index is 1.86. The lowest BCUT2D eigenvalue weighted by Crippen LogP contribution is -2.16. The molecule has 0 amide bonds. The van der Waals surface area contributed by atoms with Gasteiger partial charge in [0.25, 0.3) is 0 Å². The summed E-state index contributed by atoms with van der Waals surface area (Å²) in [4.78, 5) is 17.5. The minimum atomic E-state index is -4.71. The summed E-state index contributed by atoms with van der Waals surface area (Å²) in [5.74, 6) is 0. The van der Waals surface area contributed by atoms with Gasteiger partial charge in [-0.25, -0.2) is 4.57 Å². The van der Waals surface area contributed by atoms with Gasteiger partial charge in [-0.2, -0.15) is 18.3 Å². The first-order valence-corrected chi connectivity index (χ1v) is 12.4. The van der Waals surface area contributed by atoms with Gasteiger partial charge in [0.2, 0.25) is 0 Å². The fourth-order valence-corrected chi connectivity index (χ4v) is 4.24. The van der Waals surface area contributed by atoms with E-state index in [9.17, 15) is 17.7 Å². The van der Waals surface area contributed by atoms with Crippen LogP contribution in [0.3, 0.4) is 0 Å². The number of halogens is 3. The molecule has 0 aliphatic carbocycles. The van der Waals surface area contributed by atoms with E-state index in [4.69, 9.17) is 15.5 Å². The standard InChI is InChI=1S/C19H23F3N5O4PS/c1-2-3-4-7-27-10-13(9-24-27)14-6-5-12(8-15(14)19(20,21)22)17-25-26-18(33-17)16(23)11-31-32(28,29)30/h5-6,8-10,16H,2-4,7,11,23H2,1H3,(H2,28,29,30)/t16-/m0/s1. The molecule has 3 rings (SSSR count). The van der Waals surface area contributed by atoms with Gasteiger partial charge in [0.05, 0.1) is 24.4 Å². The van der Waals surface area contributed by atoms with Gasteiger partial charge in [-0.15, -0.1) is 10.2 Å². The maximum atomic E-state index is 13.9. The molecule has 33 heavy (non-hydrogen) atoms. The zero-order valence-corrected chi connectivity index (χ0v) is 19.3. The van der Waals surface area contributed by atoms with E-state index in [1.165, 1.54) is 18.3 Å². The van der Waals surface area contributed by atoms with E-state index in [2.05, 4.69) is 26.7 Å². The molecule has 0 unspecified atom stereocenters. The molecule has 0 saturated carbocycles. The molecule has 3 aromatic rings. The molecular weight excluding hydrogens is 482 g/mol. The zero-order chi connectivity index (χ0) is 24.2. The highest BCUT2D eigenvalue weighted by Gasteiger charge is 2.34. The van der Waals surface area contributed by atoms with Crippen molar-refractivity contribution in [3.8, 4) is 21.7 Å². The summed E-state index contributed by atoms with van der Waals surface area (Å²) in [6, 6.07) is 2.86. The van der Waals surface area contributed by atoms with Crippen LogP contribution in [0.4, 0.5) is 13.2 Å². The van der Waals surface area contributed by atoms with Crippen LogP contribution in [-0.4, -0.2) is 36.4 Å². The quantitative estimate of drug-likeness (QED) is 0.273. The van der Waals surface area contributed by atoms with Crippen LogP contribution in [0.25, 0.3) is 21.7 Å². The van der Waals surface area contributed by atoms with Crippen molar-refractivity contribution in [1.29, 1.82) is 0 Å². The summed E-state index contributed by atoms with van der Waals surface area (Å²) in [5.41, 5.74) is 5.51. The van der Waals surface area contributed by atoms with Crippen LogP contribution in [-0.2, 0) is 21.8 Å². The third-order valence-electron chi connectivity index (χ3n) is 4.69. The smallest absolute Gasteiger partial charge is 0.320 e. The van der Waals surface area contributed by atoms with Gasteiger partial charge in [0.1, 0.15) is 10.0 Å². The fourth-order valence-electron chi connectivity index (χ4n) is 3.06. The fraction of sp³-hybridized carbons (Fsp3) is 0.421. The normalized spacial score (nSPS) is 13.4. The predicted molar refractivity (Wildman–Crippen MR) is 116 cm³/mol. The molecule has 2 heterocycles. The lowest BCUT2D eigenvalue weighted by molar-refractivity contribution is -0.137. The number of benzene rings is 1. The number of hydrogen-bond acceptors (Lipinski definition) is 7. The van der Waals surface area contributed by atoms with Crippen molar-refractivity contribution >= 4 is 19.2 Å². The summed E-state index contributed by atoms with van der Waals surface area (Å²) >= 11 is 0.917. The second-order valence-electron chi connectivity index (χ2n) is 7.30. The Bertz CT molecular complexity index is 1130. The van der Waals surface area contributed by atoms with Crippen molar-refractivity contribution in [2.24, 2.45) is 5.73 Å². The van der Waals surface area contributed by atoms with Crippen molar-refractivity contribution in [2.45, 2.75) is 44.9 Å². The second-order valence-corrected chi connectivity index (χ2v) is 9.54. The zero-order valence-electron chi connectivity index (χ0n) is 17.6. The van der Waals surface area contributed by atoms with E-state index in [-0.39, 0.29) is 21.1 Å². The molecule has 14 heteroatoms. The SMILES string of the molecule is CCCCCn1cc(-c2ccc(-c3nnc([C@@H](N)COP(=O)(O)O)s3)cc2C(F)(F)F)cn1. The van der Waals surface area contributed by atoms with Crippen molar-refractivity contribution in [1.82, 2.24) is 20.0 Å². The van der Waals surface area contributed by atoms with Crippen molar-refractivity contribution in [2.75, 3.05) is 6.61 Å². The van der Waals surface area contributed by atoms with Crippen LogP contribution in [0, 0.1) is 0 Å². The Labute approximate surface area is 191 Å². The second kappa shape index (κ2) is 10.4. The number of phosphoric ester groups is 1. The molecule has 0 bridgehead atoms. The van der Waals surface area contributed by atoms with Gasteiger partial charge in [-0.1, -0.05) is 43.2 Å². The topological polar surface area (TPSA) is 136 Å². The van der Waals surface area contributed by atoms with Crippen molar-refractivity contribution in [3.05, 3.63) is 41.2 Å². The van der Waals surface area contributed by atoms with Crippen molar-refractivity contribution < 1.29 is 32.0 Å². The van der Waals surface area contributed by atoms with Crippen LogP contribution in [0.1, 0.15) is 42.8 Å². The summed E-state index contributed by atoms with van der Waals surface area (Å²) < 4.78 is 58.4. The van der Waals surface area contributed by atoms with E-state index < -0.39 is 32.2 Å². The average molecular weight is 505 g/mol. The van der Waals surface area contributed by atoms with Crippen LogP contribution in [0.5, 0.6) is 0 Å². The van der Waals surface area contributed by atoms with Gasteiger partial charge in [-0.3, -0.25) is 9.21 Å². The largest absolute Gasteiger partial charge is 0.469 e. The Hall–Kier alpha value is -2.15. The average Bonchev–Trinajstić information content (AvgIpc) is 3.41. The van der Waals surface area contributed by atoms with Crippen LogP contribution >= 0.6 is 19.2 Å². The Morgan fingerprint density at radius 3 is 2.67 bits per heavy atom. The molecule has 0 fully saturated rings. The molecule has 0 spiro atoms. The number of aryl methyl sites for hydroxylation is 1. The number of hydrogen-bond donors (Lipinski definition) is 3. The number of unbranched alkanes of at least 4 members (excludes halogenated alkanes) is 2. The lowest BCUT2D eigenvalue weighted by Gasteiger charge is -2.13. The van der Waals surface area contributed by atoms with Gasteiger partial charge in [0, 0.05) is 23.9 Å². The molecule has 2 aromatic heterocycles. The van der Waals surface area contributed by atoms with Crippen LogP contribution in [0.15, 0.2) is 30.6 Å². The first-order valence-electron chi connectivity index (χ1n) is 10.0. The number of nitrogens with zero attached hydrogens (tertiary/aromatic N) is 4. The molecule has 0 aliphatic rings. The molecule has 1 aromatic carbocycles. The molecule has 4 N–H and O–H groups in total. The predicted octanol–water partition coefficient (Wildman–Crippen LogP) is 4.39. The number of alkyl halides is 3. The maximum absolute atomic E-state index is 13.9. The van der Waals surface area contributed by atoms with Gasteiger partial charge < -0.3 is 15.5 Å². The van der Waals surface area contributed by atoms with Gasteiger partial charge in [0.15, 0.2) is 0 Å². The van der Waals surface area contributed by atoms with E-state index >= 15 is 0 Å². The Kier molecular flexibility index (Phi) is 8.04. The van der Waals surface area contributed by atoms with E-state index in [1.54, 1.807) is 10.9 Å². The Morgan fingerprint density at radius 2 is 2.00 bits per heavy atom. The molecule has 0 saturated heterocycles. The molecule has 1 atom stereocenters. The minimum absolute atomic E-state index is 0.00414. The minimum Gasteiger partial charge on any atom is -0.320 e. The van der Waals surface area contributed by atoms with Crippen LogP contribution in [0.2, 0.25) is 0 Å². The third kappa shape index (κ3) is 6.92. The molecule has 180 valence electrons. The maximum Gasteiger partial charge on any atom is 0.469 e. The highest BCUT2D eigenvalue weighted by molar-refractivity contribution is 7.46. The van der Waals surface area contributed by atoms with E-state index in [0.717, 1.165) is 36.7 Å². The Morgan fingerprint density at radius 1 is 1.24 bits per heavy atom. The van der Waals surface area contributed by atoms with E-state index in [1.807, 2.05) is 0 Å². The van der Waals surface area contributed by atoms with Gasteiger partial charge in [-0.05, 0) is 18.1 Å². The third-order valence-corrected chi connectivity index (χ3v) is 6.28. The number of nitrogens with two attached hydrogens (primary N) is 1. The molecule has 0 radical (unpaired) electrons. The molecular formula is C19H23F3N5O4PS. The number of aromatic nitrogens is 4.